The van der Waals surface area contributed by atoms with Crippen molar-refractivity contribution >= 4 is 26.7 Å². The molecule has 6 nitrogen and oxygen atoms in total. The highest BCUT2D eigenvalue weighted by Gasteiger charge is 2.22. The number of nitrogens with one attached hydrogen (secondary N) is 3. The first-order valence-electron chi connectivity index (χ1n) is 8.94. The molecule has 0 bridgehead atoms. The molecule has 1 aliphatic rings. The zero-order valence-corrected chi connectivity index (χ0v) is 15.7. The molecule has 2 aromatic rings. The number of sulfonamides is 1. The summed E-state index contributed by atoms with van der Waals surface area (Å²) in [4.78, 5) is 12.3. The molecule has 140 valence electrons. The lowest BCUT2D eigenvalue weighted by Gasteiger charge is -2.30. The van der Waals surface area contributed by atoms with Gasteiger partial charge < -0.3 is 10.6 Å². The van der Waals surface area contributed by atoms with E-state index in [0.717, 1.165) is 30.3 Å². The van der Waals surface area contributed by atoms with Crippen LogP contribution in [0.5, 0.6) is 0 Å². The third-order valence-corrected chi connectivity index (χ3v) is 6.27. The van der Waals surface area contributed by atoms with E-state index in [0.29, 0.717) is 5.92 Å². The summed E-state index contributed by atoms with van der Waals surface area (Å²) in [5, 5.41) is 8.15. The standard InChI is InChI=1S/C19H25N3O3S/c1-14-13-20-10-8-18(14)22-19(23)9-11-21-26(24,25)17-7-6-15-4-2-3-5-16(15)12-17/h2-7,12,14,18,20-21H,8-11,13H2,1H3,(H,22,23). The van der Waals surface area contributed by atoms with E-state index in [-0.39, 0.29) is 29.8 Å². The molecule has 1 aliphatic heterocycles. The van der Waals surface area contributed by atoms with Gasteiger partial charge in [0.25, 0.3) is 0 Å². The minimum absolute atomic E-state index is 0.0837. The SMILES string of the molecule is CC1CNCCC1NC(=O)CCNS(=O)(=O)c1ccc2ccccc2c1. The maximum absolute atomic E-state index is 12.4. The third kappa shape index (κ3) is 4.60. The highest BCUT2D eigenvalue weighted by Crippen LogP contribution is 2.18. The van der Waals surface area contributed by atoms with Crippen molar-refractivity contribution in [3.63, 3.8) is 0 Å². The van der Waals surface area contributed by atoms with Crippen LogP contribution in [0.2, 0.25) is 0 Å². The minimum Gasteiger partial charge on any atom is -0.353 e. The van der Waals surface area contributed by atoms with Crippen LogP contribution in [0, 0.1) is 5.92 Å². The molecule has 3 N–H and O–H groups in total. The van der Waals surface area contributed by atoms with Gasteiger partial charge in [0, 0.05) is 19.0 Å². The zero-order valence-electron chi connectivity index (χ0n) is 14.9. The van der Waals surface area contributed by atoms with Crippen LogP contribution in [0.4, 0.5) is 0 Å². The van der Waals surface area contributed by atoms with E-state index in [2.05, 4.69) is 22.3 Å². The maximum Gasteiger partial charge on any atom is 0.240 e. The number of carbonyl (C=O) groups excluding carboxylic acids is 1. The molecule has 3 rings (SSSR count). The van der Waals surface area contributed by atoms with Gasteiger partial charge in [-0.1, -0.05) is 37.3 Å². The fourth-order valence-corrected chi connectivity index (χ4v) is 4.29. The second kappa shape index (κ2) is 8.16. The summed E-state index contributed by atoms with van der Waals surface area (Å²) in [6.07, 6.45) is 1.03. The number of hydrogen-bond acceptors (Lipinski definition) is 4. The molecular formula is C19H25N3O3S. The minimum atomic E-state index is -3.63. The normalized spacial score (nSPS) is 20.8. The quantitative estimate of drug-likeness (QED) is 0.716. The monoisotopic (exact) mass is 375 g/mol. The lowest BCUT2D eigenvalue weighted by molar-refractivity contribution is -0.122. The van der Waals surface area contributed by atoms with Gasteiger partial charge in [0.05, 0.1) is 4.90 Å². The van der Waals surface area contributed by atoms with Gasteiger partial charge in [0.15, 0.2) is 0 Å². The molecule has 0 radical (unpaired) electrons. The van der Waals surface area contributed by atoms with E-state index in [4.69, 9.17) is 0 Å². The highest BCUT2D eigenvalue weighted by atomic mass is 32.2. The van der Waals surface area contributed by atoms with Gasteiger partial charge in [-0.25, -0.2) is 13.1 Å². The smallest absolute Gasteiger partial charge is 0.240 e. The van der Waals surface area contributed by atoms with Gasteiger partial charge in [-0.05, 0) is 48.3 Å². The van der Waals surface area contributed by atoms with Crippen LogP contribution in [0.25, 0.3) is 10.8 Å². The van der Waals surface area contributed by atoms with Crippen LogP contribution < -0.4 is 15.4 Å². The highest BCUT2D eigenvalue weighted by molar-refractivity contribution is 7.89. The molecule has 1 saturated heterocycles. The van der Waals surface area contributed by atoms with Gasteiger partial charge >= 0.3 is 0 Å². The fourth-order valence-electron chi connectivity index (χ4n) is 3.22. The van der Waals surface area contributed by atoms with E-state index in [1.165, 1.54) is 0 Å². The Morgan fingerprint density at radius 2 is 1.96 bits per heavy atom. The molecule has 2 aromatic carbocycles. The molecule has 0 saturated carbocycles. The van der Waals surface area contributed by atoms with Crippen molar-refractivity contribution in [3.05, 3.63) is 42.5 Å². The van der Waals surface area contributed by atoms with Gasteiger partial charge in [-0.3, -0.25) is 4.79 Å². The predicted molar refractivity (Wildman–Crippen MR) is 102 cm³/mol. The molecule has 0 spiro atoms. The molecule has 7 heteroatoms. The van der Waals surface area contributed by atoms with Crippen LogP contribution in [-0.2, 0) is 14.8 Å². The van der Waals surface area contributed by atoms with Crippen molar-refractivity contribution in [2.75, 3.05) is 19.6 Å². The van der Waals surface area contributed by atoms with Gasteiger partial charge in [-0.2, -0.15) is 0 Å². The largest absolute Gasteiger partial charge is 0.353 e. The van der Waals surface area contributed by atoms with Crippen molar-refractivity contribution in [3.8, 4) is 0 Å². The predicted octanol–water partition coefficient (Wildman–Crippen LogP) is 1.62. The van der Waals surface area contributed by atoms with Gasteiger partial charge in [-0.15, -0.1) is 0 Å². The molecule has 2 unspecified atom stereocenters. The van der Waals surface area contributed by atoms with Crippen LogP contribution in [-0.4, -0.2) is 40.0 Å². The van der Waals surface area contributed by atoms with Crippen LogP contribution >= 0.6 is 0 Å². The summed E-state index contributed by atoms with van der Waals surface area (Å²) >= 11 is 0. The second-order valence-electron chi connectivity index (χ2n) is 6.80. The topological polar surface area (TPSA) is 87.3 Å². The summed E-state index contributed by atoms with van der Waals surface area (Å²) in [6, 6.07) is 12.8. The molecular weight excluding hydrogens is 350 g/mol. The van der Waals surface area contributed by atoms with E-state index >= 15 is 0 Å². The lowest BCUT2D eigenvalue weighted by atomic mass is 9.95. The summed E-state index contributed by atoms with van der Waals surface area (Å²) in [7, 11) is -3.63. The van der Waals surface area contributed by atoms with Crippen molar-refractivity contribution < 1.29 is 13.2 Å². The molecule has 1 fully saturated rings. The van der Waals surface area contributed by atoms with Gasteiger partial charge in [0.1, 0.15) is 0 Å². The van der Waals surface area contributed by atoms with E-state index in [1.54, 1.807) is 18.2 Å². The fraction of sp³-hybridized carbons (Fsp3) is 0.421. The molecule has 26 heavy (non-hydrogen) atoms. The van der Waals surface area contributed by atoms with E-state index in [1.807, 2.05) is 24.3 Å². The number of hydrogen-bond donors (Lipinski definition) is 3. The summed E-state index contributed by atoms with van der Waals surface area (Å²) in [6.45, 7) is 3.96. The number of rotatable bonds is 6. The number of amides is 1. The van der Waals surface area contributed by atoms with Crippen molar-refractivity contribution in [2.45, 2.75) is 30.7 Å². The van der Waals surface area contributed by atoms with E-state index < -0.39 is 10.0 Å². The Morgan fingerprint density at radius 3 is 2.73 bits per heavy atom. The Hall–Kier alpha value is -1.96. The van der Waals surface area contributed by atoms with Crippen molar-refractivity contribution in [2.24, 2.45) is 5.92 Å². The summed E-state index contributed by atoms with van der Waals surface area (Å²) in [5.41, 5.74) is 0. The van der Waals surface area contributed by atoms with Crippen LogP contribution in [0.15, 0.2) is 47.4 Å². The molecule has 1 heterocycles. The third-order valence-electron chi connectivity index (χ3n) is 4.81. The first-order chi connectivity index (χ1) is 12.5. The van der Waals surface area contributed by atoms with Crippen molar-refractivity contribution in [1.29, 1.82) is 0 Å². The number of benzene rings is 2. The molecule has 2 atom stereocenters. The lowest BCUT2D eigenvalue weighted by Crippen LogP contribution is -2.48. The Labute approximate surface area is 154 Å². The van der Waals surface area contributed by atoms with Crippen molar-refractivity contribution in [1.82, 2.24) is 15.4 Å². The van der Waals surface area contributed by atoms with Gasteiger partial charge in [0.2, 0.25) is 15.9 Å². The number of carbonyl (C=O) groups is 1. The summed E-state index contributed by atoms with van der Waals surface area (Å²) < 4.78 is 27.4. The molecule has 0 aliphatic carbocycles. The zero-order chi connectivity index (χ0) is 18.6. The second-order valence-corrected chi connectivity index (χ2v) is 8.57. The number of fused-ring (bicyclic) bond motifs is 1. The average molecular weight is 375 g/mol. The summed E-state index contributed by atoms with van der Waals surface area (Å²) in [5.74, 6) is 0.256. The van der Waals surface area contributed by atoms with Crippen LogP contribution in [0.1, 0.15) is 19.8 Å². The Kier molecular flexibility index (Phi) is 5.90. The average Bonchev–Trinajstić information content (AvgIpc) is 2.63. The Balaban J connectivity index is 1.55. The van der Waals surface area contributed by atoms with Crippen LogP contribution in [0.3, 0.4) is 0 Å². The molecule has 1 amide bonds. The first kappa shape index (κ1) is 18.8. The van der Waals surface area contributed by atoms with E-state index in [9.17, 15) is 13.2 Å². The maximum atomic E-state index is 12.4. The Bertz CT molecular complexity index is 882. The molecule has 0 aromatic heterocycles. The Morgan fingerprint density at radius 1 is 1.19 bits per heavy atom. The number of piperidine rings is 1. The first-order valence-corrected chi connectivity index (χ1v) is 10.4.